The first-order valence-electron chi connectivity index (χ1n) is 6.39. The second-order valence-electron chi connectivity index (χ2n) is 4.36. The average Bonchev–Trinajstić information content (AvgIpc) is 3.06. The summed E-state index contributed by atoms with van der Waals surface area (Å²) in [6.07, 6.45) is 2.27. The van der Waals surface area contributed by atoms with Crippen molar-refractivity contribution in [1.82, 2.24) is 19.7 Å². The SMILES string of the molecule is CCCOc1cccc2c1[nH]c(=S)n2Cc1ncon1. The maximum absolute atomic E-state index is 5.73. The number of rotatable bonds is 5. The van der Waals surface area contributed by atoms with E-state index >= 15 is 0 Å². The zero-order valence-corrected chi connectivity index (χ0v) is 11.8. The van der Waals surface area contributed by atoms with Crippen LogP contribution in [-0.4, -0.2) is 26.3 Å². The van der Waals surface area contributed by atoms with Crippen molar-refractivity contribution in [3.63, 3.8) is 0 Å². The van der Waals surface area contributed by atoms with Crippen LogP contribution >= 0.6 is 12.2 Å². The second-order valence-corrected chi connectivity index (χ2v) is 4.75. The predicted molar refractivity (Wildman–Crippen MR) is 76.3 cm³/mol. The van der Waals surface area contributed by atoms with Crippen molar-refractivity contribution in [3.8, 4) is 5.75 Å². The number of aromatic amines is 1. The maximum Gasteiger partial charge on any atom is 0.213 e. The van der Waals surface area contributed by atoms with Gasteiger partial charge in [0, 0.05) is 0 Å². The Bertz CT molecular complexity index is 760. The molecule has 0 amide bonds. The monoisotopic (exact) mass is 290 g/mol. The number of imidazole rings is 1. The molecule has 2 aromatic heterocycles. The average molecular weight is 290 g/mol. The van der Waals surface area contributed by atoms with Gasteiger partial charge in [-0.25, -0.2) is 0 Å². The lowest BCUT2D eigenvalue weighted by molar-refractivity contribution is 0.320. The van der Waals surface area contributed by atoms with Gasteiger partial charge in [0.15, 0.2) is 10.6 Å². The maximum atomic E-state index is 5.73. The standard InChI is InChI=1S/C13H14N4O2S/c1-2-6-18-10-5-3-4-9-12(10)15-13(20)17(9)7-11-14-8-19-16-11/h3-5,8H,2,6-7H2,1H3,(H,15,20). The number of ether oxygens (including phenoxy) is 1. The van der Waals surface area contributed by atoms with E-state index in [-0.39, 0.29) is 0 Å². The van der Waals surface area contributed by atoms with Crippen LogP contribution in [0.15, 0.2) is 29.1 Å². The molecule has 1 N–H and O–H groups in total. The van der Waals surface area contributed by atoms with Gasteiger partial charge in [-0.3, -0.25) is 0 Å². The highest BCUT2D eigenvalue weighted by Gasteiger charge is 2.11. The van der Waals surface area contributed by atoms with Crippen LogP contribution < -0.4 is 4.74 Å². The van der Waals surface area contributed by atoms with E-state index in [9.17, 15) is 0 Å². The van der Waals surface area contributed by atoms with Gasteiger partial charge in [-0.2, -0.15) is 4.98 Å². The van der Waals surface area contributed by atoms with Gasteiger partial charge in [0.2, 0.25) is 6.39 Å². The number of benzene rings is 1. The van der Waals surface area contributed by atoms with Gasteiger partial charge < -0.3 is 18.8 Å². The topological polar surface area (TPSA) is 68.9 Å². The van der Waals surface area contributed by atoms with Crippen molar-refractivity contribution in [1.29, 1.82) is 0 Å². The van der Waals surface area contributed by atoms with Gasteiger partial charge in [0.25, 0.3) is 0 Å². The molecule has 3 rings (SSSR count). The second kappa shape index (κ2) is 5.46. The van der Waals surface area contributed by atoms with Crippen molar-refractivity contribution in [3.05, 3.63) is 35.2 Å². The number of hydrogen-bond donors (Lipinski definition) is 1. The summed E-state index contributed by atoms with van der Waals surface area (Å²) in [6, 6.07) is 5.87. The molecule has 0 bridgehead atoms. The van der Waals surface area contributed by atoms with Gasteiger partial charge in [0.1, 0.15) is 11.3 Å². The van der Waals surface area contributed by atoms with Crippen LogP contribution in [0.25, 0.3) is 11.0 Å². The summed E-state index contributed by atoms with van der Waals surface area (Å²) in [5.74, 6) is 1.39. The van der Waals surface area contributed by atoms with Crippen LogP contribution in [0.4, 0.5) is 0 Å². The first-order chi connectivity index (χ1) is 9.79. The van der Waals surface area contributed by atoms with Crippen LogP contribution in [0.3, 0.4) is 0 Å². The van der Waals surface area contributed by atoms with E-state index in [1.165, 1.54) is 6.39 Å². The number of hydrogen-bond acceptors (Lipinski definition) is 5. The highest BCUT2D eigenvalue weighted by molar-refractivity contribution is 7.71. The van der Waals surface area contributed by atoms with Crippen molar-refractivity contribution in [2.75, 3.05) is 6.61 Å². The number of fused-ring (bicyclic) bond motifs is 1. The number of H-pyrrole nitrogens is 1. The first kappa shape index (κ1) is 12.9. The van der Waals surface area contributed by atoms with Crippen molar-refractivity contribution >= 4 is 23.3 Å². The van der Waals surface area contributed by atoms with Crippen molar-refractivity contribution < 1.29 is 9.26 Å². The fourth-order valence-corrected chi connectivity index (χ4v) is 2.31. The normalized spacial score (nSPS) is 11.1. The van der Waals surface area contributed by atoms with Crippen LogP contribution in [0.1, 0.15) is 19.2 Å². The molecular weight excluding hydrogens is 276 g/mol. The minimum Gasteiger partial charge on any atom is -0.491 e. The minimum atomic E-state index is 0.465. The minimum absolute atomic E-state index is 0.465. The van der Waals surface area contributed by atoms with E-state index in [1.807, 2.05) is 22.8 Å². The lowest BCUT2D eigenvalue weighted by Crippen LogP contribution is -2.01. The third kappa shape index (κ3) is 2.32. The van der Waals surface area contributed by atoms with E-state index in [4.69, 9.17) is 21.5 Å². The Balaban J connectivity index is 2.05. The molecule has 1 aromatic carbocycles. The van der Waals surface area contributed by atoms with Crippen molar-refractivity contribution in [2.24, 2.45) is 0 Å². The fraction of sp³-hybridized carbons (Fsp3) is 0.308. The van der Waals surface area contributed by atoms with Crippen LogP contribution in [-0.2, 0) is 6.54 Å². The molecule has 104 valence electrons. The van der Waals surface area contributed by atoms with Gasteiger partial charge in [-0.15, -0.1) is 0 Å². The van der Waals surface area contributed by atoms with E-state index in [0.717, 1.165) is 23.2 Å². The number of nitrogens with zero attached hydrogens (tertiary/aromatic N) is 3. The summed E-state index contributed by atoms with van der Waals surface area (Å²) >= 11 is 5.36. The molecule has 6 nitrogen and oxygen atoms in total. The third-order valence-electron chi connectivity index (χ3n) is 2.94. The lowest BCUT2D eigenvalue weighted by atomic mass is 10.3. The molecule has 0 fully saturated rings. The molecule has 2 heterocycles. The molecule has 0 radical (unpaired) electrons. The Morgan fingerprint density at radius 3 is 3.10 bits per heavy atom. The summed E-state index contributed by atoms with van der Waals surface area (Å²) in [6.45, 7) is 3.21. The Morgan fingerprint density at radius 2 is 2.35 bits per heavy atom. The number of nitrogens with one attached hydrogen (secondary N) is 1. The highest BCUT2D eigenvalue weighted by Crippen LogP contribution is 2.25. The largest absolute Gasteiger partial charge is 0.491 e. The molecule has 0 spiro atoms. The third-order valence-corrected chi connectivity index (χ3v) is 3.26. The van der Waals surface area contributed by atoms with E-state index in [2.05, 4.69) is 22.0 Å². The molecule has 7 heteroatoms. The fourth-order valence-electron chi connectivity index (χ4n) is 2.05. The van der Waals surface area contributed by atoms with Gasteiger partial charge in [0.05, 0.1) is 18.7 Å². The van der Waals surface area contributed by atoms with Gasteiger partial charge in [-0.05, 0) is 30.8 Å². The Kier molecular flexibility index (Phi) is 3.51. The van der Waals surface area contributed by atoms with Crippen molar-refractivity contribution in [2.45, 2.75) is 19.9 Å². The Morgan fingerprint density at radius 1 is 1.45 bits per heavy atom. The summed E-state index contributed by atoms with van der Waals surface area (Å²) in [5, 5.41) is 3.81. The van der Waals surface area contributed by atoms with Crippen LogP contribution in [0.5, 0.6) is 5.75 Å². The molecule has 0 unspecified atom stereocenters. The summed E-state index contributed by atoms with van der Waals surface area (Å²) in [5.41, 5.74) is 1.86. The highest BCUT2D eigenvalue weighted by atomic mass is 32.1. The van der Waals surface area contributed by atoms with Gasteiger partial charge in [-0.1, -0.05) is 18.1 Å². The molecule has 0 aliphatic carbocycles. The lowest BCUT2D eigenvalue weighted by Gasteiger charge is -2.06. The quantitative estimate of drug-likeness (QED) is 0.732. The van der Waals surface area contributed by atoms with E-state index in [1.54, 1.807) is 0 Å². The predicted octanol–water partition coefficient (Wildman–Crippen LogP) is 2.92. The van der Waals surface area contributed by atoms with Crippen LogP contribution in [0, 0.1) is 4.77 Å². The van der Waals surface area contributed by atoms with E-state index in [0.29, 0.717) is 23.7 Å². The molecule has 3 aromatic rings. The molecular formula is C13H14N4O2S. The summed E-state index contributed by atoms with van der Waals surface area (Å²) in [4.78, 5) is 7.20. The molecule has 0 saturated carbocycles. The number of aromatic nitrogens is 4. The smallest absolute Gasteiger partial charge is 0.213 e. The number of para-hydroxylation sites is 1. The molecule has 0 saturated heterocycles. The molecule has 0 aliphatic heterocycles. The molecule has 20 heavy (non-hydrogen) atoms. The Hall–Kier alpha value is -2.15. The van der Waals surface area contributed by atoms with E-state index < -0.39 is 0 Å². The van der Waals surface area contributed by atoms with Gasteiger partial charge >= 0.3 is 0 Å². The zero-order valence-electron chi connectivity index (χ0n) is 11.0. The Labute approximate surface area is 120 Å². The summed E-state index contributed by atoms with van der Waals surface area (Å²) in [7, 11) is 0. The summed E-state index contributed by atoms with van der Waals surface area (Å²) < 4.78 is 13.0. The van der Waals surface area contributed by atoms with Crippen LogP contribution in [0.2, 0.25) is 0 Å². The molecule has 0 aliphatic rings. The molecule has 0 atom stereocenters. The first-order valence-corrected chi connectivity index (χ1v) is 6.80. The zero-order chi connectivity index (χ0) is 13.9.